The minimum absolute atomic E-state index is 0.255. The highest BCUT2D eigenvalue weighted by atomic mass is 19.4. The van der Waals surface area contributed by atoms with Crippen molar-refractivity contribution in [3.63, 3.8) is 0 Å². The lowest BCUT2D eigenvalue weighted by molar-refractivity contribution is -0.164. The Kier molecular flexibility index (Phi) is 3.51. The summed E-state index contributed by atoms with van der Waals surface area (Å²) >= 11 is 0. The van der Waals surface area contributed by atoms with Crippen molar-refractivity contribution in [2.45, 2.75) is 25.4 Å². The lowest BCUT2D eigenvalue weighted by atomic mass is 9.99. The molecule has 88 valence electrons. The van der Waals surface area contributed by atoms with E-state index >= 15 is 0 Å². The van der Waals surface area contributed by atoms with Crippen molar-refractivity contribution >= 4 is 5.97 Å². The summed E-state index contributed by atoms with van der Waals surface area (Å²) in [5.74, 6) is -3.55. The van der Waals surface area contributed by atoms with Gasteiger partial charge in [-0.15, -0.1) is 0 Å². The maximum absolute atomic E-state index is 12.6. The number of aromatic nitrogens is 1. The Morgan fingerprint density at radius 2 is 2.19 bits per heavy atom. The third-order valence-corrected chi connectivity index (χ3v) is 2.07. The second-order valence-corrected chi connectivity index (χ2v) is 3.45. The fraction of sp³-hybridized carbons (Fsp3) is 0.400. The van der Waals surface area contributed by atoms with E-state index in [4.69, 9.17) is 5.11 Å². The molecule has 1 aromatic rings. The third kappa shape index (κ3) is 3.22. The number of pyridine rings is 1. The van der Waals surface area contributed by atoms with Crippen LogP contribution in [-0.4, -0.2) is 22.2 Å². The highest BCUT2D eigenvalue weighted by molar-refractivity contribution is 5.68. The van der Waals surface area contributed by atoms with Crippen molar-refractivity contribution in [1.29, 1.82) is 0 Å². The quantitative estimate of drug-likeness (QED) is 0.872. The average Bonchev–Trinajstić information content (AvgIpc) is 2.12. The van der Waals surface area contributed by atoms with E-state index < -0.39 is 24.5 Å². The molecular formula is C10H10F3NO2. The first-order chi connectivity index (χ1) is 7.30. The summed E-state index contributed by atoms with van der Waals surface area (Å²) in [5, 5.41) is 8.45. The van der Waals surface area contributed by atoms with Gasteiger partial charge >= 0.3 is 12.1 Å². The van der Waals surface area contributed by atoms with Crippen LogP contribution in [0.25, 0.3) is 0 Å². The predicted molar refractivity (Wildman–Crippen MR) is 50.0 cm³/mol. The topological polar surface area (TPSA) is 50.2 Å². The number of alkyl halides is 3. The number of aryl methyl sites for hydroxylation is 1. The van der Waals surface area contributed by atoms with E-state index in [2.05, 4.69) is 4.98 Å². The van der Waals surface area contributed by atoms with Gasteiger partial charge in [0.15, 0.2) is 0 Å². The van der Waals surface area contributed by atoms with E-state index in [0.29, 0.717) is 5.56 Å². The van der Waals surface area contributed by atoms with Crippen LogP contribution in [0.3, 0.4) is 0 Å². The summed E-state index contributed by atoms with van der Waals surface area (Å²) in [6.45, 7) is 1.62. The van der Waals surface area contributed by atoms with Gasteiger partial charge in [-0.05, 0) is 24.6 Å². The number of aliphatic carboxylic acids is 1. The molecule has 0 amide bonds. The van der Waals surface area contributed by atoms with Crippen molar-refractivity contribution in [3.05, 3.63) is 29.6 Å². The molecule has 1 rings (SSSR count). The van der Waals surface area contributed by atoms with E-state index in [9.17, 15) is 18.0 Å². The summed E-state index contributed by atoms with van der Waals surface area (Å²) in [7, 11) is 0. The summed E-state index contributed by atoms with van der Waals surface area (Å²) < 4.78 is 37.8. The fourth-order valence-corrected chi connectivity index (χ4v) is 1.31. The maximum Gasteiger partial charge on any atom is 0.397 e. The molecule has 0 aromatic carbocycles. The largest absolute Gasteiger partial charge is 0.481 e. The monoisotopic (exact) mass is 233 g/mol. The molecule has 0 saturated heterocycles. The highest BCUT2D eigenvalue weighted by Crippen LogP contribution is 2.36. The normalized spacial score (nSPS) is 13.5. The van der Waals surface area contributed by atoms with Crippen LogP contribution < -0.4 is 0 Å². The number of rotatable bonds is 3. The molecule has 0 spiro atoms. The number of carbonyl (C=O) groups is 1. The van der Waals surface area contributed by atoms with Crippen molar-refractivity contribution < 1.29 is 23.1 Å². The molecule has 1 heterocycles. The molecule has 0 fully saturated rings. The van der Waals surface area contributed by atoms with E-state index in [-0.39, 0.29) is 5.69 Å². The first-order valence-corrected chi connectivity index (χ1v) is 4.51. The van der Waals surface area contributed by atoms with Gasteiger partial charge in [0.2, 0.25) is 0 Å². The summed E-state index contributed by atoms with van der Waals surface area (Å²) in [4.78, 5) is 14.0. The Labute approximate surface area is 89.9 Å². The van der Waals surface area contributed by atoms with E-state index in [1.54, 1.807) is 13.0 Å². The number of halogens is 3. The standard InChI is InChI=1S/C10H10F3NO2/c1-6-2-3-14-8(4-6)7(5-9(15)16)10(11,12)13/h2-4,7H,5H2,1H3,(H,15,16). The SMILES string of the molecule is Cc1ccnc(C(CC(=O)O)C(F)(F)F)c1. The first kappa shape index (κ1) is 12.5. The highest BCUT2D eigenvalue weighted by Gasteiger charge is 2.42. The van der Waals surface area contributed by atoms with Gasteiger partial charge in [-0.25, -0.2) is 0 Å². The van der Waals surface area contributed by atoms with Gasteiger partial charge in [0.1, 0.15) is 5.92 Å². The fourth-order valence-electron chi connectivity index (χ4n) is 1.31. The molecule has 1 atom stereocenters. The molecular weight excluding hydrogens is 223 g/mol. The Bertz CT molecular complexity index is 390. The molecule has 0 saturated carbocycles. The molecule has 0 bridgehead atoms. The smallest absolute Gasteiger partial charge is 0.397 e. The van der Waals surface area contributed by atoms with Crippen LogP contribution in [0.4, 0.5) is 13.2 Å². The summed E-state index contributed by atoms with van der Waals surface area (Å²) in [5.41, 5.74) is 0.361. The second-order valence-electron chi connectivity index (χ2n) is 3.45. The van der Waals surface area contributed by atoms with Gasteiger partial charge in [0, 0.05) is 6.20 Å². The van der Waals surface area contributed by atoms with Crippen molar-refractivity contribution in [2.24, 2.45) is 0 Å². The molecule has 16 heavy (non-hydrogen) atoms. The van der Waals surface area contributed by atoms with Crippen LogP contribution in [0.5, 0.6) is 0 Å². The minimum Gasteiger partial charge on any atom is -0.481 e. The van der Waals surface area contributed by atoms with E-state index in [1.165, 1.54) is 12.3 Å². The lowest BCUT2D eigenvalue weighted by Gasteiger charge is -2.18. The van der Waals surface area contributed by atoms with Crippen molar-refractivity contribution in [1.82, 2.24) is 4.98 Å². The molecule has 3 nitrogen and oxygen atoms in total. The van der Waals surface area contributed by atoms with Crippen LogP contribution >= 0.6 is 0 Å². The van der Waals surface area contributed by atoms with E-state index in [1.807, 2.05) is 0 Å². The Hall–Kier alpha value is -1.59. The second kappa shape index (κ2) is 4.51. The molecule has 1 N–H and O–H groups in total. The van der Waals surface area contributed by atoms with Gasteiger partial charge < -0.3 is 5.11 Å². The van der Waals surface area contributed by atoms with Crippen molar-refractivity contribution in [2.75, 3.05) is 0 Å². The molecule has 0 aliphatic carbocycles. The third-order valence-electron chi connectivity index (χ3n) is 2.07. The Morgan fingerprint density at radius 3 is 2.62 bits per heavy atom. The molecule has 6 heteroatoms. The van der Waals surface area contributed by atoms with Gasteiger partial charge in [-0.2, -0.15) is 13.2 Å². The number of hydrogen-bond acceptors (Lipinski definition) is 2. The summed E-state index contributed by atoms with van der Waals surface area (Å²) in [6.07, 6.45) is -4.36. The number of carboxylic acid groups (broad SMARTS) is 1. The van der Waals surface area contributed by atoms with Gasteiger partial charge in [-0.1, -0.05) is 0 Å². The van der Waals surface area contributed by atoms with Crippen molar-refractivity contribution in [3.8, 4) is 0 Å². The average molecular weight is 233 g/mol. The number of nitrogens with zero attached hydrogens (tertiary/aromatic N) is 1. The van der Waals surface area contributed by atoms with Crippen LogP contribution in [0, 0.1) is 6.92 Å². The number of hydrogen-bond donors (Lipinski definition) is 1. The molecule has 1 unspecified atom stereocenters. The minimum atomic E-state index is -4.60. The molecule has 0 radical (unpaired) electrons. The maximum atomic E-state index is 12.6. The zero-order valence-electron chi connectivity index (χ0n) is 8.45. The van der Waals surface area contributed by atoms with Gasteiger partial charge in [0.05, 0.1) is 12.1 Å². The molecule has 1 aromatic heterocycles. The van der Waals surface area contributed by atoms with Crippen LogP contribution in [0.2, 0.25) is 0 Å². The van der Waals surface area contributed by atoms with Gasteiger partial charge in [0.25, 0.3) is 0 Å². The van der Waals surface area contributed by atoms with Crippen LogP contribution in [0.15, 0.2) is 18.3 Å². The van der Waals surface area contributed by atoms with Crippen LogP contribution in [0.1, 0.15) is 23.6 Å². The first-order valence-electron chi connectivity index (χ1n) is 4.51. The van der Waals surface area contributed by atoms with E-state index in [0.717, 1.165) is 0 Å². The van der Waals surface area contributed by atoms with Crippen LogP contribution in [-0.2, 0) is 4.79 Å². The Morgan fingerprint density at radius 1 is 1.56 bits per heavy atom. The number of carboxylic acids is 1. The Balaban J connectivity index is 3.06. The zero-order chi connectivity index (χ0) is 12.3. The predicted octanol–water partition coefficient (Wildman–Crippen LogP) is 2.51. The molecule has 0 aliphatic rings. The summed E-state index contributed by atoms with van der Waals surface area (Å²) in [6, 6.07) is 2.80. The zero-order valence-corrected chi connectivity index (χ0v) is 8.45. The molecule has 0 aliphatic heterocycles. The van der Waals surface area contributed by atoms with Gasteiger partial charge in [-0.3, -0.25) is 9.78 Å². The lowest BCUT2D eigenvalue weighted by Crippen LogP contribution is -2.24.